The summed E-state index contributed by atoms with van der Waals surface area (Å²) in [6, 6.07) is 6.47. The summed E-state index contributed by atoms with van der Waals surface area (Å²) >= 11 is 0. The third-order valence-electron chi connectivity index (χ3n) is 2.21. The van der Waals surface area contributed by atoms with Crippen molar-refractivity contribution in [2.45, 2.75) is 40.0 Å². The van der Waals surface area contributed by atoms with Crippen molar-refractivity contribution in [3.63, 3.8) is 0 Å². The zero-order valence-electron chi connectivity index (χ0n) is 9.63. The van der Waals surface area contributed by atoms with Crippen molar-refractivity contribution in [2.75, 3.05) is 6.61 Å². The molecule has 78 valence electrons. The number of hydrogen-bond acceptors (Lipinski definition) is 1. The highest BCUT2D eigenvalue weighted by Gasteiger charge is 2.02. The second-order valence-corrected chi connectivity index (χ2v) is 4.08. The normalized spacial score (nSPS) is 10.6. The Balaban J connectivity index is 2.84. The third kappa shape index (κ3) is 3.06. The number of rotatable bonds is 4. The first-order chi connectivity index (χ1) is 6.63. The van der Waals surface area contributed by atoms with Gasteiger partial charge in [0.15, 0.2) is 0 Å². The van der Waals surface area contributed by atoms with Gasteiger partial charge in [-0.3, -0.25) is 0 Å². The van der Waals surface area contributed by atoms with Gasteiger partial charge in [0.1, 0.15) is 5.75 Å². The van der Waals surface area contributed by atoms with Crippen molar-refractivity contribution in [3.05, 3.63) is 29.3 Å². The number of benzene rings is 1. The van der Waals surface area contributed by atoms with E-state index in [2.05, 4.69) is 45.9 Å². The van der Waals surface area contributed by atoms with Gasteiger partial charge in [-0.2, -0.15) is 0 Å². The Morgan fingerprint density at radius 1 is 1.21 bits per heavy atom. The lowest BCUT2D eigenvalue weighted by Gasteiger charge is -2.11. The van der Waals surface area contributed by atoms with Gasteiger partial charge in [0.25, 0.3) is 0 Å². The van der Waals surface area contributed by atoms with Crippen LogP contribution >= 0.6 is 0 Å². The maximum atomic E-state index is 5.63. The molecule has 0 N–H and O–H groups in total. The van der Waals surface area contributed by atoms with Crippen LogP contribution in [0.25, 0.3) is 0 Å². The molecule has 0 unspecified atom stereocenters. The molecule has 1 rings (SSSR count). The molecule has 1 aromatic rings. The highest BCUT2D eigenvalue weighted by molar-refractivity contribution is 5.35. The van der Waals surface area contributed by atoms with Crippen LogP contribution in [-0.4, -0.2) is 6.61 Å². The molecule has 1 heteroatoms. The van der Waals surface area contributed by atoms with Gasteiger partial charge in [-0.1, -0.05) is 26.8 Å². The summed E-state index contributed by atoms with van der Waals surface area (Å²) in [5.41, 5.74) is 2.64. The van der Waals surface area contributed by atoms with E-state index in [-0.39, 0.29) is 0 Å². The van der Waals surface area contributed by atoms with Gasteiger partial charge in [-0.05, 0) is 42.5 Å². The standard InChI is InChI=1S/C13H20O/c1-5-6-14-13-8-11(4)7-12(9-13)10(2)3/h7-10H,5-6H2,1-4H3. The lowest BCUT2D eigenvalue weighted by atomic mass is 10.0. The molecule has 0 saturated carbocycles. The Morgan fingerprint density at radius 3 is 2.50 bits per heavy atom. The largest absolute Gasteiger partial charge is 0.494 e. The average molecular weight is 192 g/mol. The zero-order valence-corrected chi connectivity index (χ0v) is 9.63. The van der Waals surface area contributed by atoms with E-state index >= 15 is 0 Å². The molecule has 0 amide bonds. The van der Waals surface area contributed by atoms with E-state index in [1.54, 1.807) is 0 Å². The van der Waals surface area contributed by atoms with Gasteiger partial charge in [0.2, 0.25) is 0 Å². The quantitative estimate of drug-likeness (QED) is 0.703. The smallest absolute Gasteiger partial charge is 0.119 e. The summed E-state index contributed by atoms with van der Waals surface area (Å²) in [6.07, 6.45) is 1.06. The summed E-state index contributed by atoms with van der Waals surface area (Å²) in [6.45, 7) is 9.46. The molecule has 1 aromatic carbocycles. The summed E-state index contributed by atoms with van der Waals surface area (Å²) in [4.78, 5) is 0. The molecule has 0 saturated heterocycles. The number of aryl methyl sites for hydroxylation is 1. The van der Waals surface area contributed by atoms with Crippen LogP contribution in [0.15, 0.2) is 18.2 Å². The Bertz CT molecular complexity index is 289. The second kappa shape index (κ2) is 5.04. The van der Waals surface area contributed by atoms with Gasteiger partial charge in [0, 0.05) is 0 Å². The third-order valence-corrected chi connectivity index (χ3v) is 2.21. The first kappa shape index (κ1) is 11.1. The van der Waals surface area contributed by atoms with E-state index in [4.69, 9.17) is 4.74 Å². The Hall–Kier alpha value is -0.980. The van der Waals surface area contributed by atoms with E-state index < -0.39 is 0 Å². The van der Waals surface area contributed by atoms with E-state index in [9.17, 15) is 0 Å². The summed E-state index contributed by atoms with van der Waals surface area (Å²) in [5, 5.41) is 0. The minimum absolute atomic E-state index is 0.568. The lowest BCUT2D eigenvalue weighted by Crippen LogP contribution is -1.97. The second-order valence-electron chi connectivity index (χ2n) is 4.08. The fourth-order valence-corrected chi connectivity index (χ4v) is 1.41. The molecule has 0 aromatic heterocycles. The first-order valence-corrected chi connectivity index (χ1v) is 5.38. The molecule has 0 aliphatic rings. The molecule has 0 aliphatic carbocycles. The fourth-order valence-electron chi connectivity index (χ4n) is 1.41. The molecule has 0 spiro atoms. The fraction of sp³-hybridized carbons (Fsp3) is 0.538. The van der Waals surface area contributed by atoms with Gasteiger partial charge < -0.3 is 4.74 Å². The molecular formula is C13H20O. The van der Waals surface area contributed by atoms with Crippen LogP contribution in [0.2, 0.25) is 0 Å². The average Bonchev–Trinajstić information content (AvgIpc) is 2.14. The van der Waals surface area contributed by atoms with Crippen molar-refractivity contribution in [1.82, 2.24) is 0 Å². The minimum atomic E-state index is 0.568. The van der Waals surface area contributed by atoms with Crippen LogP contribution in [0.3, 0.4) is 0 Å². The predicted molar refractivity (Wildman–Crippen MR) is 61.1 cm³/mol. The molecule has 0 aliphatic heterocycles. The minimum Gasteiger partial charge on any atom is -0.494 e. The van der Waals surface area contributed by atoms with Crippen LogP contribution in [0.5, 0.6) is 5.75 Å². The molecule has 0 radical (unpaired) electrons. The molecule has 0 fully saturated rings. The Morgan fingerprint density at radius 2 is 1.93 bits per heavy atom. The van der Waals surface area contributed by atoms with Crippen molar-refractivity contribution < 1.29 is 4.74 Å². The lowest BCUT2D eigenvalue weighted by molar-refractivity contribution is 0.317. The van der Waals surface area contributed by atoms with Crippen LogP contribution in [0.1, 0.15) is 44.2 Å². The SMILES string of the molecule is CCCOc1cc(C)cc(C(C)C)c1. The van der Waals surface area contributed by atoms with E-state index in [1.807, 2.05) is 0 Å². The van der Waals surface area contributed by atoms with Crippen molar-refractivity contribution >= 4 is 0 Å². The maximum absolute atomic E-state index is 5.63. The van der Waals surface area contributed by atoms with Crippen LogP contribution in [-0.2, 0) is 0 Å². The van der Waals surface area contributed by atoms with Crippen LogP contribution in [0, 0.1) is 6.92 Å². The van der Waals surface area contributed by atoms with Crippen molar-refractivity contribution in [1.29, 1.82) is 0 Å². The summed E-state index contributed by atoms with van der Waals surface area (Å²) in [5.74, 6) is 1.58. The number of hydrogen-bond donors (Lipinski definition) is 0. The molecule has 0 atom stereocenters. The Kier molecular flexibility index (Phi) is 3.99. The summed E-state index contributed by atoms with van der Waals surface area (Å²) in [7, 11) is 0. The maximum Gasteiger partial charge on any atom is 0.119 e. The molecule has 1 nitrogen and oxygen atoms in total. The topological polar surface area (TPSA) is 9.23 Å². The van der Waals surface area contributed by atoms with E-state index in [1.165, 1.54) is 11.1 Å². The van der Waals surface area contributed by atoms with E-state index in [0.717, 1.165) is 18.8 Å². The predicted octanol–water partition coefficient (Wildman–Crippen LogP) is 3.91. The van der Waals surface area contributed by atoms with Gasteiger partial charge >= 0.3 is 0 Å². The van der Waals surface area contributed by atoms with E-state index in [0.29, 0.717) is 5.92 Å². The van der Waals surface area contributed by atoms with Crippen molar-refractivity contribution in [3.8, 4) is 5.75 Å². The highest BCUT2D eigenvalue weighted by Crippen LogP contribution is 2.22. The van der Waals surface area contributed by atoms with Crippen LogP contribution < -0.4 is 4.74 Å². The Labute approximate surface area is 87.1 Å². The molecule has 14 heavy (non-hydrogen) atoms. The van der Waals surface area contributed by atoms with Crippen molar-refractivity contribution in [2.24, 2.45) is 0 Å². The monoisotopic (exact) mass is 192 g/mol. The van der Waals surface area contributed by atoms with Gasteiger partial charge in [0.05, 0.1) is 6.61 Å². The summed E-state index contributed by atoms with van der Waals surface area (Å²) < 4.78 is 5.63. The van der Waals surface area contributed by atoms with Gasteiger partial charge in [-0.15, -0.1) is 0 Å². The first-order valence-electron chi connectivity index (χ1n) is 5.38. The molecule has 0 heterocycles. The van der Waals surface area contributed by atoms with Crippen LogP contribution in [0.4, 0.5) is 0 Å². The number of ether oxygens (including phenoxy) is 1. The molecule has 0 bridgehead atoms. The highest BCUT2D eigenvalue weighted by atomic mass is 16.5. The van der Waals surface area contributed by atoms with Gasteiger partial charge in [-0.25, -0.2) is 0 Å². The zero-order chi connectivity index (χ0) is 10.6. The molecular weight excluding hydrogens is 172 g/mol.